The minimum absolute atomic E-state index is 0.166. The van der Waals surface area contributed by atoms with E-state index >= 15 is 0 Å². The first kappa shape index (κ1) is 15.0. The van der Waals surface area contributed by atoms with Crippen LogP contribution in [0.5, 0.6) is 5.75 Å². The molecule has 0 unspecified atom stereocenters. The van der Waals surface area contributed by atoms with Crippen molar-refractivity contribution in [2.24, 2.45) is 4.99 Å². The second-order valence-electron chi connectivity index (χ2n) is 5.37. The highest BCUT2D eigenvalue weighted by molar-refractivity contribution is 6.14. The summed E-state index contributed by atoms with van der Waals surface area (Å²) < 4.78 is 5.62. The lowest BCUT2D eigenvalue weighted by atomic mass is 10.1. The molecule has 1 amide bonds. The molecule has 2 aromatic carbocycles. The molecule has 116 valence electrons. The van der Waals surface area contributed by atoms with Crippen LogP contribution in [0.4, 0.5) is 0 Å². The number of ether oxygens (including phenoxy) is 1. The van der Waals surface area contributed by atoms with Gasteiger partial charge in [0.2, 0.25) is 0 Å². The number of benzene rings is 2. The Bertz CT molecular complexity index is 764. The van der Waals surface area contributed by atoms with Crippen LogP contribution in [0, 0.1) is 6.92 Å². The van der Waals surface area contributed by atoms with Crippen molar-refractivity contribution in [3.8, 4) is 5.75 Å². The van der Waals surface area contributed by atoms with E-state index in [4.69, 9.17) is 4.74 Å². The number of rotatable bonds is 5. The van der Waals surface area contributed by atoms with Crippen molar-refractivity contribution in [2.45, 2.75) is 13.3 Å². The van der Waals surface area contributed by atoms with Crippen LogP contribution in [0.1, 0.15) is 17.5 Å². The van der Waals surface area contributed by atoms with E-state index in [1.165, 1.54) is 0 Å². The number of carbonyl (C=O) groups excluding carboxylic acids is 1. The molecule has 3 rings (SSSR count). The van der Waals surface area contributed by atoms with E-state index in [9.17, 15) is 4.79 Å². The molecule has 4 nitrogen and oxygen atoms in total. The van der Waals surface area contributed by atoms with Gasteiger partial charge in [-0.15, -0.1) is 0 Å². The maximum absolute atomic E-state index is 12.0. The minimum Gasteiger partial charge on any atom is -0.493 e. The molecule has 1 N–H and O–H groups in total. The third-order valence-electron chi connectivity index (χ3n) is 3.44. The standard InChI is InChI=1S/C19H18N2O2/c1-14-6-5-7-15(12-14)13-17-19(22)21-18(20-17)10-11-23-16-8-3-2-4-9-16/h2-9,12-13H,10-11H2,1H3,(H,20,21,22)/b17-13+. The van der Waals surface area contributed by atoms with Gasteiger partial charge in [0.15, 0.2) is 0 Å². The topological polar surface area (TPSA) is 50.7 Å². The van der Waals surface area contributed by atoms with E-state index in [2.05, 4.69) is 10.3 Å². The average Bonchev–Trinajstić information content (AvgIpc) is 2.88. The van der Waals surface area contributed by atoms with Crippen molar-refractivity contribution in [1.29, 1.82) is 0 Å². The summed E-state index contributed by atoms with van der Waals surface area (Å²) in [5.41, 5.74) is 2.56. The van der Waals surface area contributed by atoms with Gasteiger partial charge in [-0.3, -0.25) is 4.79 Å². The quantitative estimate of drug-likeness (QED) is 0.861. The number of aryl methyl sites for hydroxylation is 1. The van der Waals surface area contributed by atoms with E-state index in [-0.39, 0.29) is 5.91 Å². The molecule has 4 heteroatoms. The summed E-state index contributed by atoms with van der Waals surface area (Å²) in [6.45, 7) is 2.49. The Morgan fingerprint density at radius 1 is 1.13 bits per heavy atom. The SMILES string of the molecule is Cc1cccc(/C=C2/N=C(CCOc3ccccc3)NC2=O)c1. The molecular formula is C19H18N2O2. The van der Waals surface area contributed by atoms with E-state index in [0.29, 0.717) is 24.6 Å². The summed E-state index contributed by atoms with van der Waals surface area (Å²) in [4.78, 5) is 16.3. The average molecular weight is 306 g/mol. The van der Waals surface area contributed by atoms with Crippen LogP contribution < -0.4 is 10.1 Å². The molecule has 1 aliphatic heterocycles. The number of aliphatic imine (C=N–C) groups is 1. The summed E-state index contributed by atoms with van der Waals surface area (Å²) in [6.07, 6.45) is 2.36. The fraction of sp³-hybridized carbons (Fsp3) is 0.158. The van der Waals surface area contributed by atoms with Crippen LogP contribution in [-0.2, 0) is 4.79 Å². The zero-order valence-corrected chi connectivity index (χ0v) is 13.0. The highest BCUT2D eigenvalue weighted by Crippen LogP contribution is 2.15. The van der Waals surface area contributed by atoms with E-state index in [1.54, 1.807) is 6.08 Å². The predicted octanol–water partition coefficient (Wildman–Crippen LogP) is 3.33. The third-order valence-corrected chi connectivity index (χ3v) is 3.44. The molecule has 1 aliphatic rings. The Morgan fingerprint density at radius 3 is 2.74 bits per heavy atom. The van der Waals surface area contributed by atoms with E-state index < -0.39 is 0 Å². The Labute approximate surface area is 135 Å². The van der Waals surface area contributed by atoms with Crippen LogP contribution in [0.3, 0.4) is 0 Å². The first-order valence-corrected chi connectivity index (χ1v) is 7.56. The molecule has 0 spiro atoms. The monoisotopic (exact) mass is 306 g/mol. The van der Waals surface area contributed by atoms with Gasteiger partial charge in [0.25, 0.3) is 5.91 Å². The Balaban J connectivity index is 1.62. The van der Waals surface area contributed by atoms with Crippen LogP contribution in [0.25, 0.3) is 6.08 Å². The fourth-order valence-corrected chi connectivity index (χ4v) is 2.34. The number of nitrogens with one attached hydrogen (secondary N) is 1. The number of carbonyl (C=O) groups is 1. The summed E-state index contributed by atoms with van der Waals surface area (Å²) in [5.74, 6) is 1.29. The largest absolute Gasteiger partial charge is 0.493 e. The molecule has 23 heavy (non-hydrogen) atoms. The number of hydrogen-bond donors (Lipinski definition) is 1. The molecule has 0 bridgehead atoms. The molecule has 0 aromatic heterocycles. The van der Waals surface area contributed by atoms with Gasteiger partial charge in [-0.1, -0.05) is 48.0 Å². The normalized spacial score (nSPS) is 15.4. The predicted molar refractivity (Wildman–Crippen MR) is 91.3 cm³/mol. The van der Waals surface area contributed by atoms with E-state index in [1.807, 2.05) is 61.5 Å². The molecule has 0 atom stereocenters. The molecule has 0 saturated heterocycles. The summed E-state index contributed by atoms with van der Waals surface area (Å²) in [5, 5.41) is 2.79. The zero-order chi connectivity index (χ0) is 16.1. The molecule has 0 fully saturated rings. The van der Waals surface area contributed by atoms with Crippen LogP contribution in [0.15, 0.2) is 65.3 Å². The highest BCUT2D eigenvalue weighted by atomic mass is 16.5. The second-order valence-corrected chi connectivity index (χ2v) is 5.37. The minimum atomic E-state index is -0.166. The van der Waals surface area contributed by atoms with Gasteiger partial charge in [-0.05, 0) is 30.7 Å². The highest BCUT2D eigenvalue weighted by Gasteiger charge is 2.19. The van der Waals surface area contributed by atoms with Crippen molar-refractivity contribution in [2.75, 3.05) is 6.61 Å². The van der Waals surface area contributed by atoms with Crippen LogP contribution >= 0.6 is 0 Å². The van der Waals surface area contributed by atoms with Gasteiger partial charge >= 0.3 is 0 Å². The molecule has 0 saturated carbocycles. The number of amides is 1. The number of hydrogen-bond acceptors (Lipinski definition) is 3. The van der Waals surface area contributed by atoms with Gasteiger partial charge in [0.1, 0.15) is 17.3 Å². The number of para-hydroxylation sites is 1. The van der Waals surface area contributed by atoms with Crippen molar-refractivity contribution in [1.82, 2.24) is 5.32 Å². The van der Waals surface area contributed by atoms with Crippen LogP contribution in [0.2, 0.25) is 0 Å². The first-order chi connectivity index (χ1) is 11.2. The van der Waals surface area contributed by atoms with Crippen molar-refractivity contribution in [3.63, 3.8) is 0 Å². The molecular weight excluding hydrogens is 288 g/mol. The summed E-state index contributed by atoms with van der Waals surface area (Å²) >= 11 is 0. The van der Waals surface area contributed by atoms with Gasteiger partial charge in [0.05, 0.1) is 6.61 Å². The molecule has 2 aromatic rings. The van der Waals surface area contributed by atoms with Gasteiger partial charge < -0.3 is 10.1 Å². The molecule has 0 aliphatic carbocycles. The van der Waals surface area contributed by atoms with Gasteiger partial charge in [-0.25, -0.2) is 4.99 Å². The van der Waals surface area contributed by atoms with Crippen LogP contribution in [-0.4, -0.2) is 18.3 Å². The smallest absolute Gasteiger partial charge is 0.275 e. The maximum atomic E-state index is 12.0. The lowest BCUT2D eigenvalue weighted by Gasteiger charge is -2.05. The van der Waals surface area contributed by atoms with Crippen molar-refractivity contribution < 1.29 is 9.53 Å². The summed E-state index contributed by atoms with van der Waals surface area (Å²) in [7, 11) is 0. The van der Waals surface area contributed by atoms with Gasteiger partial charge in [0, 0.05) is 6.42 Å². The number of amidine groups is 1. The molecule has 1 heterocycles. The second kappa shape index (κ2) is 6.92. The number of nitrogens with zero attached hydrogens (tertiary/aromatic N) is 1. The summed E-state index contributed by atoms with van der Waals surface area (Å²) in [6, 6.07) is 17.6. The first-order valence-electron chi connectivity index (χ1n) is 7.56. The lowest BCUT2D eigenvalue weighted by molar-refractivity contribution is -0.115. The Morgan fingerprint density at radius 2 is 1.96 bits per heavy atom. The zero-order valence-electron chi connectivity index (χ0n) is 13.0. The molecule has 0 radical (unpaired) electrons. The van der Waals surface area contributed by atoms with E-state index in [0.717, 1.165) is 16.9 Å². The van der Waals surface area contributed by atoms with Gasteiger partial charge in [-0.2, -0.15) is 0 Å². The Hall–Kier alpha value is -2.88. The van der Waals surface area contributed by atoms with Crippen molar-refractivity contribution >= 4 is 17.8 Å². The lowest BCUT2D eigenvalue weighted by Crippen LogP contribution is -2.25. The Kier molecular flexibility index (Phi) is 4.52. The fourth-order valence-electron chi connectivity index (χ4n) is 2.34. The maximum Gasteiger partial charge on any atom is 0.275 e. The third kappa shape index (κ3) is 4.07. The van der Waals surface area contributed by atoms with Crippen molar-refractivity contribution in [3.05, 3.63) is 71.4 Å².